The first-order valence-corrected chi connectivity index (χ1v) is 8.01. The molecule has 0 unspecified atom stereocenters. The number of hydrogen-bond donors (Lipinski definition) is 1. The zero-order valence-electron chi connectivity index (χ0n) is 11.7. The van der Waals surface area contributed by atoms with Gasteiger partial charge in [0.05, 0.1) is 17.4 Å². The van der Waals surface area contributed by atoms with Crippen molar-refractivity contribution in [2.45, 2.75) is 30.2 Å². The van der Waals surface area contributed by atoms with Crippen LogP contribution < -0.4 is 0 Å². The van der Waals surface area contributed by atoms with Crippen LogP contribution in [0.15, 0.2) is 34.5 Å². The summed E-state index contributed by atoms with van der Waals surface area (Å²) in [6, 6.07) is 7.23. The van der Waals surface area contributed by atoms with Crippen LogP contribution in [-0.2, 0) is 11.2 Å². The van der Waals surface area contributed by atoms with Gasteiger partial charge in [-0.25, -0.2) is 0 Å². The maximum atomic E-state index is 11.1. The van der Waals surface area contributed by atoms with Crippen LogP contribution in [0.1, 0.15) is 24.7 Å². The van der Waals surface area contributed by atoms with E-state index in [-0.39, 0.29) is 11.7 Å². The lowest BCUT2D eigenvalue weighted by Gasteiger charge is -2.21. The lowest BCUT2D eigenvalue weighted by atomic mass is 10.1. The second-order valence-electron chi connectivity index (χ2n) is 4.76. The van der Waals surface area contributed by atoms with Crippen molar-refractivity contribution in [1.29, 1.82) is 0 Å². The largest absolute Gasteiger partial charge is 0.481 e. The molecule has 0 aliphatic carbocycles. The van der Waals surface area contributed by atoms with Gasteiger partial charge in [-0.1, -0.05) is 42.4 Å². The molecule has 1 atom stereocenters. The number of rotatable bonds is 4. The van der Waals surface area contributed by atoms with Crippen molar-refractivity contribution in [2.24, 2.45) is 5.10 Å². The minimum Gasteiger partial charge on any atom is -0.481 e. The van der Waals surface area contributed by atoms with Gasteiger partial charge in [-0.2, -0.15) is 9.78 Å². The molecular weight excluding hydrogens is 324 g/mol. The number of thioether (sulfide) groups is 1. The standard InChI is InChI=1S/C14H13ClN4O2S/c1-2-11-16-17-14-19(11)18-13(10(22-14)7-12(20)21)8-3-5-9(15)6-4-8/h3-6,10H,2,7H2,1H3,(H,20,21)/t10-/m1/s1. The van der Waals surface area contributed by atoms with Gasteiger partial charge in [0.15, 0.2) is 5.82 Å². The van der Waals surface area contributed by atoms with Crippen LogP contribution in [0.4, 0.5) is 0 Å². The summed E-state index contributed by atoms with van der Waals surface area (Å²) in [5.74, 6) is -0.120. The Kier molecular flexibility index (Phi) is 4.17. The summed E-state index contributed by atoms with van der Waals surface area (Å²) in [5.41, 5.74) is 1.55. The molecule has 2 heterocycles. The van der Waals surface area contributed by atoms with Crippen molar-refractivity contribution in [3.8, 4) is 0 Å². The van der Waals surface area contributed by atoms with E-state index in [0.717, 1.165) is 11.4 Å². The van der Waals surface area contributed by atoms with E-state index >= 15 is 0 Å². The third kappa shape index (κ3) is 2.86. The Morgan fingerprint density at radius 2 is 2.09 bits per heavy atom. The molecule has 1 aliphatic rings. The first-order valence-electron chi connectivity index (χ1n) is 6.76. The SMILES string of the molecule is CCc1nnc2n1N=C(c1ccc(Cl)cc1)[C@@H](CC(=O)O)S2. The highest BCUT2D eigenvalue weighted by molar-refractivity contribution is 8.00. The van der Waals surface area contributed by atoms with Gasteiger partial charge in [-0.15, -0.1) is 10.2 Å². The van der Waals surface area contributed by atoms with Crippen LogP contribution in [0.5, 0.6) is 0 Å². The summed E-state index contributed by atoms with van der Waals surface area (Å²) in [4.78, 5) is 11.1. The zero-order chi connectivity index (χ0) is 15.7. The molecule has 0 saturated heterocycles. The highest BCUT2D eigenvalue weighted by Gasteiger charge is 2.30. The molecule has 0 radical (unpaired) electrons. The summed E-state index contributed by atoms with van der Waals surface area (Å²) in [5, 5.41) is 22.9. The van der Waals surface area contributed by atoms with Crippen LogP contribution in [0, 0.1) is 0 Å². The van der Waals surface area contributed by atoms with Gasteiger partial charge in [-0.05, 0) is 17.7 Å². The molecule has 1 N–H and O–H groups in total. The molecule has 1 aliphatic heterocycles. The normalized spacial score (nSPS) is 17.0. The van der Waals surface area contributed by atoms with Crippen LogP contribution in [-0.4, -0.2) is 36.9 Å². The number of benzene rings is 1. The minimum atomic E-state index is -0.872. The fourth-order valence-corrected chi connectivity index (χ4v) is 3.44. The molecule has 1 aromatic heterocycles. The summed E-state index contributed by atoms with van der Waals surface area (Å²) in [6.07, 6.45) is 0.676. The lowest BCUT2D eigenvalue weighted by molar-refractivity contribution is -0.136. The fraction of sp³-hybridized carbons (Fsp3) is 0.286. The lowest BCUT2D eigenvalue weighted by Crippen LogP contribution is -2.27. The second kappa shape index (κ2) is 6.10. The summed E-state index contributed by atoms with van der Waals surface area (Å²) < 4.78 is 1.69. The minimum absolute atomic E-state index is 0.0273. The molecule has 6 nitrogen and oxygen atoms in total. The molecule has 1 aromatic carbocycles. The van der Waals surface area contributed by atoms with Gasteiger partial charge in [0, 0.05) is 11.4 Å². The van der Waals surface area contributed by atoms with Crippen LogP contribution >= 0.6 is 23.4 Å². The quantitative estimate of drug-likeness (QED) is 0.928. The third-order valence-corrected chi connectivity index (χ3v) is 4.65. The third-order valence-electron chi connectivity index (χ3n) is 3.25. The van der Waals surface area contributed by atoms with Crippen molar-refractivity contribution in [3.63, 3.8) is 0 Å². The van der Waals surface area contributed by atoms with Crippen LogP contribution in [0.2, 0.25) is 5.02 Å². The molecule has 114 valence electrons. The maximum Gasteiger partial charge on any atom is 0.304 e. The van der Waals surface area contributed by atoms with E-state index < -0.39 is 5.97 Å². The summed E-state index contributed by atoms with van der Waals surface area (Å²) >= 11 is 7.29. The van der Waals surface area contributed by atoms with Crippen molar-refractivity contribution < 1.29 is 9.90 Å². The fourth-order valence-electron chi connectivity index (χ4n) is 2.21. The van der Waals surface area contributed by atoms with E-state index in [0.29, 0.717) is 22.3 Å². The number of nitrogens with zero attached hydrogens (tertiary/aromatic N) is 4. The summed E-state index contributed by atoms with van der Waals surface area (Å²) in [7, 11) is 0. The molecule has 8 heteroatoms. The molecular formula is C14H13ClN4O2S. The predicted molar refractivity (Wildman–Crippen MR) is 84.7 cm³/mol. The number of fused-ring (bicyclic) bond motifs is 1. The Balaban J connectivity index is 2.07. The number of halogens is 1. The zero-order valence-corrected chi connectivity index (χ0v) is 13.3. The van der Waals surface area contributed by atoms with Crippen LogP contribution in [0.3, 0.4) is 0 Å². The van der Waals surface area contributed by atoms with Gasteiger partial charge < -0.3 is 5.11 Å². The van der Waals surface area contributed by atoms with Crippen LogP contribution in [0.25, 0.3) is 0 Å². The highest BCUT2D eigenvalue weighted by Crippen LogP contribution is 2.32. The molecule has 2 aromatic rings. The number of aryl methyl sites for hydroxylation is 1. The number of aromatic nitrogens is 3. The van der Waals surface area contributed by atoms with E-state index in [1.165, 1.54) is 11.8 Å². The van der Waals surface area contributed by atoms with E-state index in [1.807, 2.05) is 19.1 Å². The molecule has 22 heavy (non-hydrogen) atoms. The van der Waals surface area contributed by atoms with Crippen molar-refractivity contribution in [3.05, 3.63) is 40.7 Å². The molecule has 0 saturated carbocycles. The number of carbonyl (C=O) groups is 1. The maximum absolute atomic E-state index is 11.1. The first kappa shape index (κ1) is 15.1. The molecule has 0 fully saturated rings. The predicted octanol–water partition coefficient (Wildman–Crippen LogP) is 2.70. The topological polar surface area (TPSA) is 80.4 Å². The second-order valence-corrected chi connectivity index (χ2v) is 6.37. The molecule has 3 rings (SSSR count). The molecule has 0 spiro atoms. The monoisotopic (exact) mass is 336 g/mol. The van der Waals surface area contributed by atoms with Gasteiger partial charge in [0.25, 0.3) is 0 Å². The number of aliphatic carboxylic acids is 1. The Labute approximate surface area is 136 Å². The highest BCUT2D eigenvalue weighted by atomic mass is 35.5. The Bertz CT molecular complexity index is 742. The van der Waals surface area contributed by atoms with Crippen molar-refractivity contribution >= 4 is 35.0 Å². The Morgan fingerprint density at radius 1 is 1.36 bits per heavy atom. The number of carboxylic acid groups (broad SMARTS) is 1. The number of hydrogen-bond acceptors (Lipinski definition) is 5. The molecule has 0 amide bonds. The smallest absolute Gasteiger partial charge is 0.304 e. The van der Waals surface area contributed by atoms with Gasteiger partial charge in [0.2, 0.25) is 5.16 Å². The van der Waals surface area contributed by atoms with Crippen molar-refractivity contribution in [2.75, 3.05) is 0 Å². The van der Waals surface area contributed by atoms with Gasteiger partial charge in [0.1, 0.15) is 0 Å². The first-order chi connectivity index (χ1) is 10.6. The number of carboxylic acids is 1. The Hall–Kier alpha value is -1.86. The van der Waals surface area contributed by atoms with E-state index in [9.17, 15) is 4.79 Å². The Morgan fingerprint density at radius 3 is 2.73 bits per heavy atom. The van der Waals surface area contributed by atoms with Gasteiger partial charge in [-0.3, -0.25) is 4.79 Å². The average molecular weight is 337 g/mol. The van der Waals surface area contributed by atoms with E-state index in [2.05, 4.69) is 15.3 Å². The summed E-state index contributed by atoms with van der Waals surface area (Å²) in [6.45, 7) is 1.97. The van der Waals surface area contributed by atoms with E-state index in [4.69, 9.17) is 16.7 Å². The molecule has 0 bridgehead atoms. The average Bonchev–Trinajstić information content (AvgIpc) is 2.88. The van der Waals surface area contributed by atoms with E-state index in [1.54, 1.807) is 16.8 Å². The van der Waals surface area contributed by atoms with Gasteiger partial charge >= 0.3 is 5.97 Å². The van der Waals surface area contributed by atoms with Crippen molar-refractivity contribution in [1.82, 2.24) is 14.9 Å².